The second-order valence-electron chi connectivity index (χ2n) is 6.00. The van der Waals surface area contributed by atoms with E-state index in [0.717, 1.165) is 28.7 Å². The summed E-state index contributed by atoms with van der Waals surface area (Å²) >= 11 is 0. The first-order valence-electron chi connectivity index (χ1n) is 7.65. The largest absolute Gasteiger partial charge is 0.383 e. The molecule has 0 saturated heterocycles. The number of hydrogen-bond acceptors (Lipinski definition) is 4. The molecule has 23 heavy (non-hydrogen) atoms. The average molecular weight is 316 g/mol. The molecule has 0 radical (unpaired) electrons. The minimum absolute atomic E-state index is 0.129. The van der Waals surface area contributed by atoms with Crippen LogP contribution >= 0.6 is 0 Å². The lowest BCUT2D eigenvalue weighted by atomic mass is 9.79. The van der Waals surface area contributed by atoms with Gasteiger partial charge in [0.15, 0.2) is 0 Å². The molecule has 1 aromatic carbocycles. The summed E-state index contributed by atoms with van der Waals surface area (Å²) in [7, 11) is 1.57. The summed E-state index contributed by atoms with van der Waals surface area (Å²) in [5, 5.41) is 17.5. The van der Waals surface area contributed by atoms with E-state index in [9.17, 15) is 14.7 Å². The van der Waals surface area contributed by atoms with Crippen LogP contribution in [0.5, 0.6) is 0 Å². The van der Waals surface area contributed by atoms with Crippen LogP contribution in [-0.2, 0) is 30.4 Å². The van der Waals surface area contributed by atoms with Gasteiger partial charge in [-0.1, -0.05) is 24.3 Å². The average Bonchev–Trinajstić information content (AvgIpc) is 2.86. The highest BCUT2D eigenvalue weighted by Crippen LogP contribution is 2.34. The Labute approximate surface area is 133 Å². The number of aromatic nitrogens is 3. The molecular weight excluding hydrogens is 296 g/mol. The van der Waals surface area contributed by atoms with E-state index in [1.807, 2.05) is 24.3 Å². The summed E-state index contributed by atoms with van der Waals surface area (Å²) in [4.78, 5) is 23.7. The van der Waals surface area contributed by atoms with Crippen molar-refractivity contribution in [1.82, 2.24) is 19.7 Å². The molecule has 1 unspecified atom stereocenters. The lowest BCUT2D eigenvalue weighted by Crippen LogP contribution is -2.44. The zero-order valence-electron chi connectivity index (χ0n) is 13.0. The van der Waals surface area contributed by atoms with Gasteiger partial charge in [0.05, 0.1) is 6.54 Å². The molecule has 1 aliphatic rings. The molecule has 2 aromatic rings. The third-order valence-corrected chi connectivity index (χ3v) is 4.31. The number of benzene rings is 1. The van der Waals surface area contributed by atoms with Crippen molar-refractivity contribution >= 4 is 5.91 Å². The Morgan fingerprint density at radius 1 is 1.43 bits per heavy atom. The molecule has 1 atom stereocenters. The Hall–Kier alpha value is -2.41. The maximum absolute atomic E-state index is 12.0. The van der Waals surface area contributed by atoms with Crippen molar-refractivity contribution in [3.63, 3.8) is 0 Å². The van der Waals surface area contributed by atoms with Crippen LogP contribution in [0.4, 0.5) is 0 Å². The number of nitrogens with zero attached hydrogens (tertiary/aromatic N) is 3. The van der Waals surface area contributed by atoms with E-state index in [0.29, 0.717) is 6.42 Å². The van der Waals surface area contributed by atoms with Gasteiger partial charge in [-0.3, -0.25) is 9.36 Å². The fourth-order valence-corrected chi connectivity index (χ4v) is 3.05. The number of carbonyl (C=O) groups excluding carboxylic acids is 1. The molecule has 2 N–H and O–H groups in total. The Morgan fingerprint density at radius 2 is 2.22 bits per heavy atom. The van der Waals surface area contributed by atoms with Crippen molar-refractivity contribution in [3.05, 3.63) is 52.2 Å². The Balaban J connectivity index is 1.67. The molecule has 0 saturated carbocycles. The predicted molar refractivity (Wildman–Crippen MR) is 83.8 cm³/mol. The van der Waals surface area contributed by atoms with Crippen LogP contribution in [0.25, 0.3) is 0 Å². The zero-order chi connectivity index (χ0) is 16.4. The third kappa shape index (κ3) is 3.05. The zero-order valence-corrected chi connectivity index (χ0v) is 13.0. The van der Waals surface area contributed by atoms with E-state index in [-0.39, 0.29) is 24.7 Å². The number of aliphatic hydroxyl groups is 1. The fraction of sp³-hybridized carbons (Fsp3) is 0.438. The lowest BCUT2D eigenvalue weighted by molar-refractivity contribution is -0.123. The van der Waals surface area contributed by atoms with Crippen LogP contribution in [0, 0.1) is 0 Å². The molecule has 0 fully saturated rings. The number of fused-ring (bicyclic) bond motifs is 1. The van der Waals surface area contributed by atoms with E-state index < -0.39 is 5.60 Å². The van der Waals surface area contributed by atoms with Crippen molar-refractivity contribution in [2.45, 2.75) is 31.4 Å². The van der Waals surface area contributed by atoms with Crippen molar-refractivity contribution in [3.8, 4) is 0 Å². The topological polar surface area (TPSA) is 89.2 Å². The van der Waals surface area contributed by atoms with E-state index >= 15 is 0 Å². The molecule has 0 bridgehead atoms. The first-order valence-corrected chi connectivity index (χ1v) is 7.65. The molecule has 1 aromatic heterocycles. The highest BCUT2D eigenvalue weighted by Gasteiger charge is 2.34. The normalized spacial score (nSPS) is 20.1. The van der Waals surface area contributed by atoms with Crippen LogP contribution in [0.15, 0.2) is 35.4 Å². The van der Waals surface area contributed by atoms with Gasteiger partial charge in [-0.25, -0.2) is 9.48 Å². The molecule has 0 aliphatic heterocycles. The smallest absolute Gasteiger partial charge is 0.345 e. The number of carbonyl (C=O) groups is 1. The van der Waals surface area contributed by atoms with E-state index in [1.165, 1.54) is 10.9 Å². The van der Waals surface area contributed by atoms with Crippen LogP contribution < -0.4 is 11.0 Å². The molecule has 1 aliphatic carbocycles. The summed E-state index contributed by atoms with van der Waals surface area (Å²) < 4.78 is 2.40. The van der Waals surface area contributed by atoms with Gasteiger partial charge in [0, 0.05) is 7.05 Å². The molecule has 7 heteroatoms. The van der Waals surface area contributed by atoms with Gasteiger partial charge in [-0.15, -0.1) is 0 Å². The van der Waals surface area contributed by atoms with Crippen molar-refractivity contribution in [2.75, 3.05) is 6.54 Å². The molecule has 7 nitrogen and oxygen atoms in total. The van der Waals surface area contributed by atoms with Crippen LogP contribution in [-0.4, -0.2) is 31.9 Å². The SMILES string of the molecule is Cn1cnn(CC(=O)NCC2(O)CCCc3ccccc32)c1=O. The number of aryl methyl sites for hydroxylation is 2. The number of amides is 1. The lowest BCUT2D eigenvalue weighted by Gasteiger charge is -2.34. The summed E-state index contributed by atoms with van der Waals surface area (Å²) in [5.41, 5.74) is 0.597. The van der Waals surface area contributed by atoms with Gasteiger partial charge >= 0.3 is 5.69 Å². The van der Waals surface area contributed by atoms with Gasteiger partial charge in [0.2, 0.25) is 5.91 Å². The summed E-state index contributed by atoms with van der Waals surface area (Å²) in [6.45, 7) is -0.0260. The van der Waals surface area contributed by atoms with Gasteiger partial charge in [0.1, 0.15) is 18.5 Å². The van der Waals surface area contributed by atoms with Gasteiger partial charge < -0.3 is 10.4 Å². The minimum atomic E-state index is -1.06. The first kappa shape index (κ1) is 15.5. The van der Waals surface area contributed by atoms with Crippen LogP contribution in [0.1, 0.15) is 24.0 Å². The quantitative estimate of drug-likeness (QED) is 0.826. The number of nitrogens with one attached hydrogen (secondary N) is 1. The maximum Gasteiger partial charge on any atom is 0.345 e. The summed E-state index contributed by atoms with van der Waals surface area (Å²) in [5.74, 6) is -0.345. The Morgan fingerprint density at radius 3 is 2.96 bits per heavy atom. The van der Waals surface area contributed by atoms with E-state index in [2.05, 4.69) is 10.4 Å². The highest BCUT2D eigenvalue weighted by molar-refractivity contribution is 5.75. The van der Waals surface area contributed by atoms with Gasteiger partial charge in [-0.2, -0.15) is 5.10 Å². The number of rotatable bonds is 4. The second-order valence-corrected chi connectivity index (χ2v) is 6.00. The van der Waals surface area contributed by atoms with E-state index in [4.69, 9.17) is 0 Å². The second kappa shape index (κ2) is 6.00. The monoisotopic (exact) mass is 316 g/mol. The first-order chi connectivity index (χ1) is 11.0. The Bertz CT molecular complexity index is 780. The standard InChI is InChI=1S/C16H20N4O3/c1-19-11-18-20(15(19)22)9-14(21)17-10-16(23)8-4-6-12-5-2-3-7-13(12)16/h2-3,5,7,11,23H,4,6,8-10H2,1H3,(H,17,21). The molecule has 3 rings (SSSR count). The maximum atomic E-state index is 12.0. The molecular formula is C16H20N4O3. The highest BCUT2D eigenvalue weighted by atomic mass is 16.3. The number of hydrogen-bond donors (Lipinski definition) is 2. The van der Waals surface area contributed by atoms with Crippen molar-refractivity contribution < 1.29 is 9.90 Å². The van der Waals surface area contributed by atoms with Gasteiger partial charge in [0.25, 0.3) is 0 Å². The summed E-state index contributed by atoms with van der Waals surface area (Å²) in [6, 6.07) is 7.76. The molecule has 1 heterocycles. The van der Waals surface area contributed by atoms with E-state index in [1.54, 1.807) is 7.05 Å². The van der Waals surface area contributed by atoms with Gasteiger partial charge in [-0.05, 0) is 30.4 Å². The van der Waals surface area contributed by atoms with Crippen LogP contribution in [0.2, 0.25) is 0 Å². The Kier molecular flexibility index (Phi) is 4.04. The van der Waals surface area contributed by atoms with Crippen molar-refractivity contribution in [1.29, 1.82) is 0 Å². The van der Waals surface area contributed by atoms with Crippen LogP contribution in [0.3, 0.4) is 0 Å². The molecule has 122 valence electrons. The summed E-state index contributed by atoms with van der Waals surface area (Å²) in [6.07, 6.45) is 3.78. The predicted octanol–water partition coefficient (Wildman–Crippen LogP) is -0.0779. The van der Waals surface area contributed by atoms with Crippen molar-refractivity contribution in [2.24, 2.45) is 7.05 Å². The minimum Gasteiger partial charge on any atom is -0.383 e. The molecule has 0 spiro atoms. The third-order valence-electron chi connectivity index (χ3n) is 4.31. The molecule has 1 amide bonds. The fourth-order valence-electron chi connectivity index (χ4n) is 3.05.